The van der Waals surface area contributed by atoms with E-state index < -0.39 is 0 Å². The van der Waals surface area contributed by atoms with Gasteiger partial charge in [-0.1, -0.05) is 42.8 Å². The summed E-state index contributed by atoms with van der Waals surface area (Å²) in [6.45, 7) is 7.07. The first-order chi connectivity index (χ1) is 8.28. The van der Waals surface area contributed by atoms with Crippen LogP contribution >= 0.6 is 15.9 Å². The number of hydrogen-bond donors (Lipinski definition) is 2. The van der Waals surface area contributed by atoms with Crippen molar-refractivity contribution in [1.82, 2.24) is 5.32 Å². The summed E-state index contributed by atoms with van der Waals surface area (Å²) < 4.78 is 0. The van der Waals surface area contributed by atoms with Gasteiger partial charge in [0, 0.05) is 16.9 Å². The largest absolute Gasteiger partial charge is 0.508 e. The van der Waals surface area contributed by atoms with Gasteiger partial charge in [0.05, 0.1) is 0 Å². The maximum Gasteiger partial charge on any atom is 0.251 e. The fourth-order valence-corrected chi connectivity index (χ4v) is 2.82. The molecule has 3 nitrogen and oxygen atoms in total. The number of halogens is 1. The molecule has 0 aromatic heterocycles. The van der Waals surface area contributed by atoms with Crippen molar-refractivity contribution in [3.8, 4) is 5.75 Å². The van der Waals surface area contributed by atoms with Gasteiger partial charge in [-0.2, -0.15) is 0 Å². The van der Waals surface area contributed by atoms with Crippen LogP contribution in [0.1, 0.15) is 37.6 Å². The number of phenols is 1. The molecule has 0 radical (unpaired) electrons. The molecule has 1 amide bonds. The summed E-state index contributed by atoms with van der Waals surface area (Å²) in [6.07, 6.45) is 0.979. The van der Waals surface area contributed by atoms with Crippen LogP contribution in [0, 0.1) is 5.41 Å². The lowest BCUT2D eigenvalue weighted by Crippen LogP contribution is -2.31. The average molecular weight is 314 g/mol. The number of benzene rings is 1. The molecule has 0 fully saturated rings. The molecule has 18 heavy (non-hydrogen) atoms. The van der Waals surface area contributed by atoms with E-state index in [0.717, 1.165) is 6.42 Å². The predicted molar refractivity (Wildman–Crippen MR) is 77.2 cm³/mol. The summed E-state index contributed by atoms with van der Waals surface area (Å²) in [5.41, 5.74) is 0.703. The van der Waals surface area contributed by atoms with Crippen LogP contribution in [0.2, 0.25) is 0 Å². The number of carbonyl (C=O) groups is 1. The van der Waals surface area contributed by atoms with Crippen LogP contribution in [-0.2, 0) is 0 Å². The van der Waals surface area contributed by atoms with E-state index in [0.29, 0.717) is 12.1 Å². The van der Waals surface area contributed by atoms with Crippen molar-refractivity contribution < 1.29 is 9.90 Å². The molecule has 0 heterocycles. The van der Waals surface area contributed by atoms with E-state index in [-0.39, 0.29) is 21.9 Å². The molecule has 0 saturated heterocycles. The molecule has 0 bridgehead atoms. The molecule has 1 aromatic carbocycles. The lowest BCUT2D eigenvalue weighted by molar-refractivity contribution is 0.0952. The average Bonchev–Trinajstić information content (AvgIpc) is 2.23. The van der Waals surface area contributed by atoms with Crippen LogP contribution in [0.15, 0.2) is 24.3 Å². The maximum absolute atomic E-state index is 11.8. The molecular formula is C14H20BrNO2. The molecule has 0 aliphatic heterocycles. The first-order valence-corrected chi connectivity index (χ1v) is 6.91. The predicted octanol–water partition coefficient (Wildman–Crippen LogP) is 3.32. The van der Waals surface area contributed by atoms with Gasteiger partial charge in [0.1, 0.15) is 5.75 Å². The summed E-state index contributed by atoms with van der Waals surface area (Å²) in [4.78, 5) is 12.1. The Morgan fingerprint density at radius 2 is 2.11 bits per heavy atom. The minimum Gasteiger partial charge on any atom is -0.508 e. The number of amides is 1. The second-order valence-electron chi connectivity index (χ2n) is 5.62. The Morgan fingerprint density at radius 3 is 2.67 bits per heavy atom. The quantitative estimate of drug-likeness (QED) is 0.838. The highest BCUT2D eigenvalue weighted by atomic mass is 79.9. The van der Waals surface area contributed by atoms with E-state index in [1.807, 2.05) is 0 Å². The van der Waals surface area contributed by atoms with E-state index in [2.05, 4.69) is 42.0 Å². The minimum atomic E-state index is -0.163. The maximum atomic E-state index is 11.8. The molecule has 0 aliphatic rings. The first kappa shape index (κ1) is 15.0. The number of hydrogen-bond acceptors (Lipinski definition) is 2. The number of phenolic OH excluding ortho intramolecular Hbond substituents is 1. The zero-order valence-corrected chi connectivity index (χ0v) is 12.6. The smallest absolute Gasteiger partial charge is 0.251 e. The number of rotatable bonds is 4. The van der Waals surface area contributed by atoms with E-state index in [1.165, 1.54) is 6.07 Å². The Balaban J connectivity index is 2.47. The highest BCUT2D eigenvalue weighted by Gasteiger charge is 2.17. The Morgan fingerprint density at radius 1 is 1.44 bits per heavy atom. The van der Waals surface area contributed by atoms with Crippen LogP contribution in [0.4, 0.5) is 0 Å². The number of alkyl halides is 1. The van der Waals surface area contributed by atoms with Gasteiger partial charge in [0.15, 0.2) is 0 Å². The van der Waals surface area contributed by atoms with Crippen LogP contribution in [-0.4, -0.2) is 22.4 Å². The summed E-state index contributed by atoms with van der Waals surface area (Å²) in [5.74, 6) is -0.0583. The number of nitrogens with one attached hydrogen (secondary N) is 1. The third kappa shape index (κ3) is 5.54. The van der Waals surface area contributed by atoms with Crippen LogP contribution < -0.4 is 5.32 Å². The van der Waals surface area contributed by atoms with Gasteiger partial charge in [0.25, 0.3) is 5.91 Å². The fraction of sp³-hybridized carbons (Fsp3) is 0.500. The molecule has 1 atom stereocenters. The van der Waals surface area contributed by atoms with Crippen molar-refractivity contribution in [3.05, 3.63) is 29.8 Å². The molecule has 2 N–H and O–H groups in total. The van der Waals surface area contributed by atoms with Crippen molar-refractivity contribution in [3.63, 3.8) is 0 Å². The first-order valence-electron chi connectivity index (χ1n) is 5.99. The highest BCUT2D eigenvalue weighted by Crippen LogP contribution is 2.24. The van der Waals surface area contributed by atoms with Gasteiger partial charge in [-0.25, -0.2) is 0 Å². The Kier molecular flexibility index (Phi) is 5.20. The normalized spacial score (nSPS) is 13.1. The molecule has 4 heteroatoms. The molecule has 1 unspecified atom stereocenters. The molecule has 1 rings (SSSR count). The van der Waals surface area contributed by atoms with Gasteiger partial charge < -0.3 is 10.4 Å². The molecule has 100 valence electrons. The second-order valence-corrected chi connectivity index (χ2v) is 6.92. The van der Waals surface area contributed by atoms with Crippen LogP contribution in [0.25, 0.3) is 0 Å². The van der Waals surface area contributed by atoms with Gasteiger partial charge in [-0.3, -0.25) is 4.79 Å². The molecule has 0 saturated carbocycles. The van der Waals surface area contributed by atoms with Crippen LogP contribution in [0.3, 0.4) is 0 Å². The van der Waals surface area contributed by atoms with E-state index in [4.69, 9.17) is 0 Å². The van der Waals surface area contributed by atoms with Crippen molar-refractivity contribution in [2.45, 2.75) is 32.0 Å². The van der Waals surface area contributed by atoms with E-state index >= 15 is 0 Å². The number of aromatic hydroxyl groups is 1. The fourth-order valence-electron chi connectivity index (χ4n) is 1.69. The number of carbonyl (C=O) groups excluding carboxylic acids is 1. The zero-order chi connectivity index (χ0) is 13.8. The zero-order valence-electron chi connectivity index (χ0n) is 11.0. The summed E-state index contributed by atoms with van der Waals surface area (Å²) >= 11 is 3.57. The van der Waals surface area contributed by atoms with Crippen LogP contribution in [0.5, 0.6) is 5.75 Å². The van der Waals surface area contributed by atoms with Gasteiger partial charge >= 0.3 is 0 Å². The molecular weight excluding hydrogens is 294 g/mol. The second kappa shape index (κ2) is 6.23. The molecule has 1 aromatic rings. The third-order valence-electron chi connectivity index (χ3n) is 2.43. The van der Waals surface area contributed by atoms with E-state index in [9.17, 15) is 9.90 Å². The molecule has 0 aliphatic carbocycles. The summed E-state index contributed by atoms with van der Waals surface area (Å²) in [6, 6.07) is 6.35. The van der Waals surface area contributed by atoms with Crippen molar-refractivity contribution in [2.75, 3.05) is 6.54 Å². The third-order valence-corrected chi connectivity index (χ3v) is 3.07. The van der Waals surface area contributed by atoms with Crippen molar-refractivity contribution in [2.24, 2.45) is 5.41 Å². The summed E-state index contributed by atoms with van der Waals surface area (Å²) in [7, 11) is 0. The minimum absolute atomic E-state index is 0.104. The topological polar surface area (TPSA) is 49.3 Å². The standard InChI is InChI=1S/C14H20BrNO2/c1-14(2,3)8-11(15)9-16-13(18)10-5-4-6-12(17)7-10/h4-7,11,17H,8-9H2,1-3H3,(H,16,18). The lowest BCUT2D eigenvalue weighted by atomic mass is 9.90. The van der Waals surface area contributed by atoms with Crippen molar-refractivity contribution >= 4 is 21.8 Å². The van der Waals surface area contributed by atoms with Gasteiger partial charge in [0.2, 0.25) is 0 Å². The lowest BCUT2D eigenvalue weighted by Gasteiger charge is -2.22. The van der Waals surface area contributed by atoms with E-state index in [1.54, 1.807) is 18.2 Å². The van der Waals surface area contributed by atoms with Gasteiger partial charge in [-0.05, 0) is 30.0 Å². The molecule has 0 spiro atoms. The highest BCUT2D eigenvalue weighted by molar-refractivity contribution is 9.09. The Hall–Kier alpha value is -1.03. The van der Waals surface area contributed by atoms with Gasteiger partial charge in [-0.15, -0.1) is 0 Å². The Bertz CT molecular complexity index is 413. The SMILES string of the molecule is CC(C)(C)CC(Br)CNC(=O)c1cccc(O)c1. The monoisotopic (exact) mass is 313 g/mol. The summed E-state index contributed by atoms with van der Waals surface area (Å²) in [5, 5.41) is 12.2. The van der Waals surface area contributed by atoms with Crippen molar-refractivity contribution in [1.29, 1.82) is 0 Å². The Labute approximate surface area is 117 Å².